The van der Waals surface area contributed by atoms with Gasteiger partial charge in [0, 0.05) is 13.1 Å². The SMILES string of the molecule is N#Cc1c(NC2CNC2)nn(Cc2ccccc2)c1N. The second kappa shape index (κ2) is 5.23. The molecule has 1 fully saturated rings. The van der Waals surface area contributed by atoms with E-state index in [1.54, 1.807) is 4.68 Å². The van der Waals surface area contributed by atoms with Gasteiger partial charge in [-0.15, -0.1) is 0 Å². The fourth-order valence-corrected chi connectivity index (χ4v) is 2.15. The van der Waals surface area contributed by atoms with Gasteiger partial charge >= 0.3 is 0 Å². The van der Waals surface area contributed by atoms with E-state index in [9.17, 15) is 5.26 Å². The molecule has 0 amide bonds. The van der Waals surface area contributed by atoms with Gasteiger partial charge in [-0.2, -0.15) is 10.4 Å². The van der Waals surface area contributed by atoms with Crippen LogP contribution in [0.2, 0.25) is 0 Å². The van der Waals surface area contributed by atoms with Crippen LogP contribution in [0.3, 0.4) is 0 Å². The molecule has 4 N–H and O–H groups in total. The molecule has 6 nitrogen and oxygen atoms in total. The number of hydrogen-bond acceptors (Lipinski definition) is 5. The lowest BCUT2D eigenvalue weighted by atomic mass is 10.2. The third-order valence-electron chi connectivity index (χ3n) is 3.40. The van der Waals surface area contributed by atoms with Crippen molar-refractivity contribution in [3.63, 3.8) is 0 Å². The highest BCUT2D eigenvalue weighted by Gasteiger charge is 2.22. The Morgan fingerprint density at radius 2 is 2.15 bits per heavy atom. The van der Waals surface area contributed by atoms with Crippen LogP contribution in [0.1, 0.15) is 11.1 Å². The Morgan fingerprint density at radius 3 is 2.75 bits per heavy atom. The summed E-state index contributed by atoms with van der Waals surface area (Å²) in [6.45, 7) is 2.33. The van der Waals surface area contributed by atoms with E-state index in [1.807, 2.05) is 30.3 Å². The summed E-state index contributed by atoms with van der Waals surface area (Å²) in [5.74, 6) is 0.985. The van der Waals surface area contributed by atoms with Crippen molar-refractivity contribution in [3.05, 3.63) is 41.5 Å². The zero-order valence-electron chi connectivity index (χ0n) is 11.0. The van der Waals surface area contributed by atoms with Gasteiger partial charge in [0.05, 0.1) is 12.6 Å². The number of rotatable bonds is 4. The Bertz CT molecular complexity index is 636. The summed E-state index contributed by atoms with van der Waals surface area (Å²) in [6.07, 6.45) is 0. The molecular weight excluding hydrogens is 252 g/mol. The molecule has 0 spiro atoms. The van der Waals surface area contributed by atoms with Gasteiger partial charge in [0.2, 0.25) is 0 Å². The Hall–Kier alpha value is -2.52. The maximum atomic E-state index is 9.24. The van der Waals surface area contributed by atoms with Gasteiger partial charge in [0.15, 0.2) is 5.82 Å². The molecule has 1 saturated heterocycles. The van der Waals surface area contributed by atoms with Gasteiger partial charge in [-0.1, -0.05) is 30.3 Å². The van der Waals surface area contributed by atoms with Crippen molar-refractivity contribution >= 4 is 11.6 Å². The van der Waals surface area contributed by atoms with E-state index in [4.69, 9.17) is 5.73 Å². The highest BCUT2D eigenvalue weighted by atomic mass is 15.4. The van der Waals surface area contributed by atoms with Crippen molar-refractivity contribution in [2.24, 2.45) is 0 Å². The number of nitrogen functional groups attached to an aromatic ring is 1. The third-order valence-corrected chi connectivity index (χ3v) is 3.40. The molecule has 0 unspecified atom stereocenters. The fraction of sp³-hybridized carbons (Fsp3) is 0.286. The molecule has 2 aromatic rings. The second-order valence-electron chi connectivity index (χ2n) is 4.86. The molecule has 1 aliphatic heterocycles. The number of nitrogens with two attached hydrogens (primary N) is 1. The number of nitrogens with zero attached hydrogens (tertiary/aromatic N) is 3. The molecule has 6 heteroatoms. The highest BCUT2D eigenvalue weighted by molar-refractivity contribution is 5.64. The van der Waals surface area contributed by atoms with Crippen LogP contribution >= 0.6 is 0 Å². The van der Waals surface area contributed by atoms with Crippen LogP contribution < -0.4 is 16.4 Å². The third kappa shape index (κ3) is 2.31. The lowest BCUT2D eigenvalue weighted by Crippen LogP contribution is -2.51. The summed E-state index contributed by atoms with van der Waals surface area (Å²) >= 11 is 0. The molecule has 3 rings (SSSR count). The number of hydrogen-bond donors (Lipinski definition) is 3. The first-order chi connectivity index (χ1) is 9.78. The zero-order chi connectivity index (χ0) is 13.9. The number of benzene rings is 1. The van der Waals surface area contributed by atoms with Crippen molar-refractivity contribution in [3.8, 4) is 6.07 Å². The van der Waals surface area contributed by atoms with Gasteiger partial charge in [0.1, 0.15) is 17.5 Å². The molecule has 1 aliphatic rings. The summed E-state index contributed by atoms with van der Waals surface area (Å²) < 4.78 is 1.67. The first kappa shape index (κ1) is 12.5. The first-order valence-electron chi connectivity index (χ1n) is 6.55. The Balaban J connectivity index is 1.85. The van der Waals surface area contributed by atoms with E-state index in [2.05, 4.69) is 21.8 Å². The highest BCUT2D eigenvalue weighted by Crippen LogP contribution is 2.22. The van der Waals surface area contributed by atoms with E-state index in [0.29, 0.717) is 29.8 Å². The van der Waals surface area contributed by atoms with Gasteiger partial charge in [-0.05, 0) is 5.56 Å². The largest absolute Gasteiger partial charge is 0.383 e. The maximum Gasteiger partial charge on any atom is 0.168 e. The van der Waals surface area contributed by atoms with E-state index in [-0.39, 0.29) is 0 Å². The molecule has 20 heavy (non-hydrogen) atoms. The van der Waals surface area contributed by atoms with Crippen LogP contribution in [0, 0.1) is 11.3 Å². The molecular formula is C14H16N6. The summed E-state index contributed by atoms with van der Waals surface area (Å²) in [5.41, 5.74) is 7.54. The molecule has 0 bridgehead atoms. The molecule has 0 atom stereocenters. The average Bonchev–Trinajstić information content (AvgIpc) is 2.71. The first-order valence-corrected chi connectivity index (χ1v) is 6.55. The van der Waals surface area contributed by atoms with Crippen LogP contribution in [0.4, 0.5) is 11.6 Å². The lowest BCUT2D eigenvalue weighted by molar-refractivity contribution is 0.470. The average molecular weight is 268 g/mol. The van der Waals surface area contributed by atoms with Crippen molar-refractivity contribution in [2.45, 2.75) is 12.6 Å². The van der Waals surface area contributed by atoms with Crippen LogP contribution in [0.5, 0.6) is 0 Å². The van der Waals surface area contributed by atoms with Gasteiger partial charge in [0.25, 0.3) is 0 Å². The molecule has 102 valence electrons. The Kier molecular flexibility index (Phi) is 3.27. The molecule has 0 radical (unpaired) electrons. The second-order valence-corrected chi connectivity index (χ2v) is 4.86. The van der Waals surface area contributed by atoms with E-state index >= 15 is 0 Å². The molecule has 2 heterocycles. The molecule has 1 aromatic heterocycles. The van der Waals surface area contributed by atoms with E-state index in [0.717, 1.165) is 18.7 Å². The van der Waals surface area contributed by atoms with Crippen molar-refractivity contribution in [2.75, 3.05) is 24.1 Å². The normalized spacial score (nSPS) is 14.6. The molecule has 0 aliphatic carbocycles. The monoisotopic (exact) mass is 268 g/mol. The van der Waals surface area contributed by atoms with E-state index < -0.39 is 0 Å². The number of nitrogens with one attached hydrogen (secondary N) is 2. The number of aromatic nitrogens is 2. The Labute approximate surface area is 117 Å². The Morgan fingerprint density at radius 1 is 1.40 bits per heavy atom. The van der Waals surface area contributed by atoms with Gasteiger partial charge in [-0.3, -0.25) is 0 Å². The summed E-state index contributed by atoms with van der Waals surface area (Å²) in [6, 6.07) is 12.4. The predicted molar refractivity (Wildman–Crippen MR) is 77.2 cm³/mol. The minimum Gasteiger partial charge on any atom is -0.383 e. The van der Waals surface area contributed by atoms with Crippen molar-refractivity contribution in [1.82, 2.24) is 15.1 Å². The standard InChI is InChI=1S/C14H16N6/c15-6-12-13(16)20(9-10-4-2-1-3-5-10)19-14(12)18-11-7-17-8-11/h1-5,11,17H,7-9,16H2,(H,18,19). The summed E-state index contributed by atoms with van der Waals surface area (Å²) in [7, 11) is 0. The van der Waals surface area contributed by atoms with Crippen molar-refractivity contribution in [1.29, 1.82) is 5.26 Å². The summed E-state index contributed by atoms with van der Waals surface area (Å²) in [4.78, 5) is 0. The van der Waals surface area contributed by atoms with Crippen LogP contribution in [0.25, 0.3) is 0 Å². The minimum atomic E-state index is 0.321. The van der Waals surface area contributed by atoms with Crippen LogP contribution in [-0.4, -0.2) is 28.9 Å². The maximum absolute atomic E-state index is 9.24. The quantitative estimate of drug-likeness (QED) is 0.761. The lowest BCUT2D eigenvalue weighted by Gasteiger charge is -2.27. The predicted octanol–water partition coefficient (Wildman–Crippen LogP) is 0.769. The van der Waals surface area contributed by atoms with Gasteiger partial charge in [-0.25, -0.2) is 4.68 Å². The smallest absolute Gasteiger partial charge is 0.168 e. The zero-order valence-corrected chi connectivity index (χ0v) is 11.0. The fourth-order valence-electron chi connectivity index (χ4n) is 2.15. The number of anilines is 2. The van der Waals surface area contributed by atoms with E-state index in [1.165, 1.54) is 0 Å². The minimum absolute atomic E-state index is 0.321. The summed E-state index contributed by atoms with van der Waals surface area (Å²) in [5, 5.41) is 20.1. The van der Waals surface area contributed by atoms with Crippen molar-refractivity contribution < 1.29 is 0 Å². The van der Waals surface area contributed by atoms with Crippen LogP contribution in [0.15, 0.2) is 30.3 Å². The molecule has 0 saturated carbocycles. The topological polar surface area (TPSA) is 91.7 Å². The number of nitriles is 1. The molecule has 1 aromatic carbocycles. The van der Waals surface area contributed by atoms with Gasteiger partial charge < -0.3 is 16.4 Å². The van der Waals surface area contributed by atoms with Crippen LogP contribution in [-0.2, 0) is 6.54 Å².